The van der Waals surface area contributed by atoms with Crippen molar-refractivity contribution in [2.75, 3.05) is 6.54 Å². The van der Waals surface area contributed by atoms with Crippen molar-refractivity contribution < 1.29 is 9.32 Å². The molecule has 88 valence electrons. The number of aromatic nitrogens is 1. The van der Waals surface area contributed by atoms with Crippen LogP contribution in [0, 0.1) is 0 Å². The highest BCUT2D eigenvalue weighted by molar-refractivity contribution is 5.93. The minimum Gasteiger partial charge on any atom is -0.360 e. The van der Waals surface area contributed by atoms with Gasteiger partial charge in [0.15, 0.2) is 5.69 Å². The van der Waals surface area contributed by atoms with Gasteiger partial charge in [-0.2, -0.15) is 0 Å². The van der Waals surface area contributed by atoms with Gasteiger partial charge in [0.05, 0.1) is 0 Å². The molecule has 4 heteroatoms. The molecule has 1 N–H and O–H groups in total. The molecular formula is C12H18N2O2. The van der Waals surface area contributed by atoms with Crippen LogP contribution in [0.3, 0.4) is 0 Å². The van der Waals surface area contributed by atoms with Crippen LogP contribution < -0.4 is 5.32 Å². The zero-order valence-electron chi connectivity index (χ0n) is 9.71. The van der Waals surface area contributed by atoms with Crippen molar-refractivity contribution in [3.63, 3.8) is 0 Å². The predicted octanol–water partition coefficient (Wildman–Crippen LogP) is 2.08. The van der Waals surface area contributed by atoms with Crippen LogP contribution in [0.4, 0.5) is 0 Å². The molecule has 1 aliphatic rings. The monoisotopic (exact) mass is 222 g/mol. The van der Waals surface area contributed by atoms with Crippen molar-refractivity contribution in [2.24, 2.45) is 0 Å². The van der Waals surface area contributed by atoms with Crippen molar-refractivity contribution >= 4 is 5.91 Å². The van der Waals surface area contributed by atoms with Crippen LogP contribution in [-0.4, -0.2) is 17.6 Å². The van der Waals surface area contributed by atoms with E-state index >= 15 is 0 Å². The van der Waals surface area contributed by atoms with E-state index in [0.29, 0.717) is 12.2 Å². The maximum absolute atomic E-state index is 11.8. The second-order valence-corrected chi connectivity index (χ2v) is 4.25. The van der Waals surface area contributed by atoms with Gasteiger partial charge in [-0.25, -0.2) is 0 Å². The third kappa shape index (κ3) is 2.26. The number of aryl methyl sites for hydroxylation is 1. The maximum Gasteiger partial charge on any atom is 0.273 e. The Morgan fingerprint density at radius 1 is 1.38 bits per heavy atom. The first-order valence-electron chi connectivity index (χ1n) is 6.08. The summed E-state index contributed by atoms with van der Waals surface area (Å²) in [6.07, 6.45) is 6.25. The largest absolute Gasteiger partial charge is 0.360 e. The Morgan fingerprint density at radius 2 is 2.19 bits per heavy atom. The van der Waals surface area contributed by atoms with E-state index in [1.165, 1.54) is 6.42 Å². The number of fused-ring (bicyclic) bond motifs is 1. The molecule has 0 atom stereocenters. The molecule has 1 amide bonds. The van der Waals surface area contributed by atoms with Crippen molar-refractivity contribution in [3.05, 3.63) is 17.0 Å². The second kappa shape index (κ2) is 5.14. The van der Waals surface area contributed by atoms with Crippen molar-refractivity contribution in [3.8, 4) is 0 Å². The van der Waals surface area contributed by atoms with Crippen LogP contribution in [0.5, 0.6) is 0 Å². The molecular weight excluding hydrogens is 204 g/mol. The molecule has 4 nitrogen and oxygen atoms in total. The molecule has 1 aromatic heterocycles. The quantitative estimate of drug-likeness (QED) is 0.797. The normalized spacial score (nSPS) is 15.3. The zero-order chi connectivity index (χ0) is 11.4. The summed E-state index contributed by atoms with van der Waals surface area (Å²) in [5.74, 6) is 0.827. The lowest BCUT2D eigenvalue weighted by Gasteiger charge is -2.01. The smallest absolute Gasteiger partial charge is 0.273 e. The lowest BCUT2D eigenvalue weighted by atomic mass is 10.1. The van der Waals surface area contributed by atoms with E-state index in [4.69, 9.17) is 4.52 Å². The molecule has 0 saturated carbocycles. The van der Waals surface area contributed by atoms with E-state index < -0.39 is 0 Å². The Hall–Kier alpha value is -1.32. The van der Waals surface area contributed by atoms with Gasteiger partial charge in [-0.1, -0.05) is 18.5 Å². The Balaban J connectivity index is 2.15. The van der Waals surface area contributed by atoms with Gasteiger partial charge in [0.25, 0.3) is 5.91 Å². The number of nitrogens with one attached hydrogen (secondary N) is 1. The van der Waals surface area contributed by atoms with Crippen LogP contribution in [0.25, 0.3) is 0 Å². The van der Waals surface area contributed by atoms with Gasteiger partial charge in [-0.15, -0.1) is 0 Å². The molecule has 0 unspecified atom stereocenters. The molecule has 1 heterocycles. The molecule has 0 bridgehead atoms. The highest BCUT2D eigenvalue weighted by Crippen LogP contribution is 2.23. The lowest BCUT2D eigenvalue weighted by molar-refractivity contribution is 0.0943. The van der Waals surface area contributed by atoms with Gasteiger partial charge in [0.1, 0.15) is 5.76 Å². The zero-order valence-corrected chi connectivity index (χ0v) is 9.71. The average molecular weight is 222 g/mol. The second-order valence-electron chi connectivity index (χ2n) is 4.25. The Morgan fingerprint density at radius 3 is 3.00 bits per heavy atom. The molecule has 0 aliphatic heterocycles. The topological polar surface area (TPSA) is 55.1 Å². The number of amides is 1. The number of nitrogens with zero attached hydrogens (tertiary/aromatic N) is 1. The number of carbonyl (C=O) groups is 1. The van der Waals surface area contributed by atoms with Crippen molar-refractivity contribution in [2.45, 2.75) is 45.4 Å². The molecule has 0 aromatic carbocycles. The van der Waals surface area contributed by atoms with Gasteiger partial charge >= 0.3 is 0 Å². The van der Waals surface area contributed by atoms with Crippen molar-refractivity contribution in [1.29, 1.82) is 0 Å². The highest BCUT2D eigenvalue weighted by Gasteiger charge is 2.22. The Kier molecular flexibility index (Phi) is 3.59. The number of hydrogen-bond acceptors (Lipinski definition) is 3. The molecule has 1 aromatic rings. The fourth-order valence-electron chi connectivity index (χ4n) is 2.06. The van der Waals surface area contributed by atoms with Crippen molar-refractivity contribution in [1.82, 2.24) is 10.5 Å². The Labute approximate surface area is 95.4 Å². The fourth-order valence-corrected chi connectivity index (χ4v) is 2.06. The standard InChI is InChI=1S/C12H18N2O2/c1-2-8-13-12(15)11-9-6-4-3-5-7-10(9)16-14-11/h2-8H2,1H3,(H,13,15). The third-order valence-electron chi connectivity index (χ3n) is 2.95. The summed E-state index contributed by atoms with van der Waals surface area (Å²) in [5.41, 5.74) is 1.54. The Bertz CT molecular complexity index is 371. The first kappa shape index (κ1) is 11.2. The number of carbonyl (C=O) groups excluding carboxylic acids is 1. The van der Waals surface area contributed by atoms with E-state index in [1.54, 1.807) is 0 Å². The van der Waals surface area contributed by atoms with E-state index in [0.717, 1.165) is 43.4 Å². The van der Waals surface area contributed by atoms with Gasteiger partial charge in [0, 0.05) is 18.5 Å². The summed E-state index contributed by atoms with van der Waals surface area (Å²) in [5, 5.41) is 6.75. The minimum atomic E-state index is -0.0891. The summed E-state index contributed by atoms with van der Waals surface area (Å²) >= 11 is 0. The van der Waals surface area contributed by atoms with Gasteiger partial charge in [0.2, 0.25) is 0 Å². The van der Waals surface area contributed by atoms with Crippen LogP contribution in [0.2, 0.25) is 0 Å². The van der Waals surface area contributed by atoms with E-state index in [1.807, 2.05) is 6.92 Å². The fraction of sp³-hybridized carbons (Fsp3) is 0.667. The summed E-state index contributed by atoms with van der Waals surface area (Å²) in [4.78, 5) is 11.8. The summed E-state index contributed by atoms with van der Waals surface area (Å²) in [6.45, 7) is 2.73. The lowest BCUT2D eigenvalue weighted by Crippen LogP contribution is -2.25. The van der Waals surface area contributed by atoms with Crippen LogP contribution in [0.1, 0.15) is 54.4 Å². The van der Waals surface area contributed by atoms with E-state index in [-0.39, 0.29) is 5.91 Å². The molecule has 16 heavy (non-hydrogen) atoms. The maximum atomic E-state index is 11.8. The summed E-state index contributed by atoms with van der Waals surface area (Å²) < 4.78 is 5.26. The molecule has 0 fully saturated rings. The first-order valence-corrected chi connectivity index (χ1v) is 6.08. The summed E-state index contributed by atoms with van der Waals surface area (Å²) in [6, 6.07) is 0. The average Bonchev–Trinajstić information content (AvgIpc) is 2.55. The van der Waals surface area contributed by atoms with Crippen LogP contribution in [0.15, 0.2) is 4.52 Å². The molecule has 2 rings (SSSR count). The third-order valence-corrected chi connectivity index (χ3v) is 2.95. The molecule has 0 radical (unpaired) electrons. The number of rotatable bonds is 3. The van der Waals surface area contributed by atoms with E-state index in [9.17, 15) is 4.79 Å². The summed E-state index contributed by atoms with van der Waals surface area (Å²) in [7, 11) is 0. The van der Waals surface area contributed by atoms with Gasteiger partial charge in [-0.05, 0) is 25.7 Å². The first-order chi connectivity index (χ1) is 7.83. The van der Waals surface area contributed by atoms with Crippen LogP contribution >= 0.6 is 0 Å². The van der Waals surface area contributed by atoms with Crippen LogP contribution in [-0.2, 0) is 12.8 Å². The predicted molar refractivity (Wildman–Crippen MR) is 60.4 cm³/mol. The van der Waals surface area contributed by atoms with Gasteiger partial charge < -0.3 is 9.84 Å². The van der Waals surface area contributed by atoms with E-state index in [2.05, 4.69) is 10.5 Å². The molecule has 1 aliphatic carbocycles. The highest BCUT2D eigenvalue weighted by atomic mass is 16.5. The molecule has 0 saturated heterocycles. The molecule has 0 spiro atoms. The van der Waals surface area contributed by atoms with Gasteiger partial charge in [-0.3, -0.25) is 4.79 Å². The minimum absolute atomic E-state index is 0.0891. The SMILES string of the molecule is CCCNC(=O)c1noc2c1CCCCC2. The number of hydrogen-bond donors (Lipinski definition) is 1.